The van der Waals surface area contributed by atoms with E-state index in [0.717, 1.165) is 31.6 Å². The van der Waals surface area contributed by atoms with Crippen LogP contribution in [0, 0.1) is 5.92 Å². The average Bonchev–Trinajstić information content (AvgIpc) is 2.53. The molecule has 23 heavy (non-hydrogen) atoms. The molecule has 0 fully saturated rings. The van der Waals surface area contributed by atoms with E-state index in [0.29, 0.717) is 11.5 Å². The molecule has 0 unspecified atom stereocenters. The van der Waals surface area contributed by atoms with E-state index in [1.54, 1.807) is 12.1 Å². The van der Waals surface area contributed by atoms with Crippen molar-refractivity contribution in [2.75, 3.05) is 13.1 Å². The molecule has 2 aromatic rings. The molecule has 0 amide bonds. The molecule has 0 radical (unpaired) electrons. The lowest BCUT2D eigenvalue weighted by Crippen LogP contribution is -2.29. The minimum Gasteiger partial charge on any atom is -0.478 e. The normalized spacial score (nSPS) is 11.1. The standard InChI is InChI=1S/C20H25NO2/c1-16(2)14-21(12-11-17-7-4-3-5-8-17)15-18-9-6-10-19(13-18)20(22)23/h3-10,13,16H,11-12,14-15H2,1-2H3,(H,22,23). The predicted molar refractivity (Wildman–Crippen MR) is 93.7 cm³/mol. The molecule has 1 N–H and O–H groups in total. The third-order valence-electron chi connectivity index (χ3n) is 3.76. The summed E-state index contributed by atoms with van der Waals surface area (Å²) >= 11 is 0. The van der Waals surface area contributed by atoms with Gasteiger partial charge in [-0.25, -0.2) is 4.79 Å². The van der Waals surface area contributed by atoms with Gasteiger partial charge in [0, 0.05) is 19.6 Å². The van der Waals surface area contributed by atoms with Crippen molar-refractivity contribution < 1.29 is 9.90 Å². The zero-order valence-corrected chi connectivity index (χ0v) is 13.9. The van der Waals surface area contributed by atoms with Gasteiger partial charge in [0.2, 0.25) is 0 Å². The van der Waals surface area contributed by atoms with Gasteiger partial charge in [0.15, 0.2) is 0 Å². The molecular formula is C20H25NO2. The van der Waals surface area contributed by atoms with Gasteiger partial charge in [-0.2, -0.15) is 0 Å². The third kappa shape index (κ3) is 5.87. The average molecular weight is 311 g/mol. The first kappa shape index (κ1) is 17.2. The van der Waals surface area contributed by atoms with Crippen LogP contribution in [0.25, 0.3) is 0 Å². The van der Waals surface area contributed by atoms with Gasteiger partial charge in [0.05, 0.1) is 5.56 Å². The van der Waals surface area contributed by atoms with Crippen molar-refractivity contribution in [3.8, 4) is 0 Å². The van der Waals surface area contributed by atoms with E-state index in [-0.39, 0.29) is 0 Å². The Bertz CT molecular complexity index is 623. The fourth-order valence-corrected chi connectivity index (χ4v) is 2.74. The largest absolute Gasteiger partial charge is 0.478 e. The summed E-state index contributed by atoms with van der Waals surface area (Å²) in [6, 6.07) is 17.7. The van der Waals surface area contributed by atoms with E-state index < -0.39 is 5.97 Å². The van der Waals surface area contributed by atoms with Crippen molar-refractivity contribution in [2.24, 2.45) is 5.92 Å². The van der Waals surface area contributed by atoms with Crippen LogP contribution in [0.5, 0.6) is 0 Å². The molecule has 0 aliphatic rings. The molecule has 0 saturated heterocycles. The smallest absolute Gasteiger partial charge is 0.335 e. The van der Waals surface area contributed by atoms with Crippen LogP contribution in [-0.2, 0) is 13.0 Å². The Morgan fingerprint density at radius 3 is 2.39 bits per heavy atom. The number of rotatable bonds is 8. The maximum Gasteiger partial charge on any atom is 0.335 e. The highest BCUT2D eigenvalue weighted by Gasteiger charge is 2.10. The summed E-state index contributed by atoms with van der Waals surface area (Å²) in [4.78, 5) is 13.5. The van der Waals surface area contributed by atoms with Crippen LogP contribution in [0.1, 0.15) is 35.3 Å². The lowest BCUT2D eigenvalue weighted by molar-refractivity contribution is 0.0696. The fraction of sp³-hybridized carbons (Fsp3) is 0.350. The van der Waals surface area contributed by atoms with Gasteiger partial charge in [-0.3, -0.25) is 4.90 Å². The number of carbonyl (C=O) groups is 1. The summed E-state index contributed by atoms with van der Waals surface area (Å²) in [6.07, 6.45) is 1.01. The van der Waals surface area contributed by atoms with Crippen molar-refractivity contribution in [2.45, 2.75) is 26.8 Å². The molecule has 122 valence electrons. The first-order valence-electron chi connectivity index (χ1n) is 8.13. The Hall–Kier alpha value is -2.13. The molecule has 0 aromatic heterocycles. The monoisotopic (exact) mass is 311 g/mol. The minimum absolute atomic E-state index is 0.357. The van der Waals surface area contributed by atoms with Gasteiger partial charge in [-0.05, 0) is 35.6 Å². The summed E-state index contributed by atoms with van der Waals surface area (Å²) in [5.41, 5.74) is 2.74. The van der Waals surface area contributed by atoms with Crippen molar-refractivity contribution >= 4 is 5.97 Å². The molecule has 3 heteroatoms. The highest BCUT2D eigenvalue weighted by Crippen LogP contribution is 2.12. The van der Waals surface area contributed by atoms with Crippen molar-refractivity contribution in [3.05, 3.63) is 71.3 Å². The van der Waals surface area contributed by atoms with E-state index in [1.807, 2.05) is 18.2 Å². The quantitative estimate of drug-likeness (QED) is 0.798. The Labute approximate surface area is 138 Å². The second kappa shape index (κ2) is 8.49. The number of carboxylic acid groups (broad SMARTS) is 1. The highest BCUT2D eigenvalue weighted by molar-refractivity contribution is 5.87. The van der Waals surface area contributed by atoms with Gasteiger partial charge < -0.3 is 5.11 Å². The molecule has 0 spiro atoms. The van der Waals surface area contributed by atoms with Crippen molar-refractivity contribution in [1.82, 2.24) is 4.90 Å². The summed E-state index contributed by atoms with van der Waals surface area (Å²) < 4.78 is 0. The molecule has 0 saturated carbocycles. The maximum atomic E-state index is 11.1. The van der Waals surface area contributed by atoms with Gasteiger partial charge in [0.1, 0.15) is 0 Å². The van der Waals surface area contributed by atoms with Crippen LogP contribution in [0.15, 0.2) is 54.6 Å². The molecule has 0 atom stereocenters. The lowest BCUT2D eigenvalue weighted by Gasteiger charge is -2.24. The molecular weight excluding hydrogens is 286 g/mol. The molecule has 0 aliphatic heterocycles. The Kier molecular flexibility index (Phi) is 6.36. The Balaban J connectivity index is 2.03. The Morgan fingerprint density at radius 2 is 1.74 bits per heavy atom. The summed E-state index contributed by atoms with van der Waals surface area (Å²) in [7, 11) is 0. The van der Waals surface area contributed by atoms with Crippen molar-refractivity contribution in [3.63, 3.8) is 0 Å². The molecule has 0 bridgehead atoms. The highest BCUT2D eigenvalue weighted by atomic mass is 16.4. The van der Waals surface area contributed by atoms with Crippen LogP contribution in [-0.4, -0.2) is 29.1 Å². The summed E-state index contributed by atoms with van der Waals surface area (Å²) in [5.74, 6) is -0.292. The third-order valence-corrected chi connectivity index (χ3v) is 3.76. The van der Waals surface area contributed by atoms with Gasteiger partial charge in [-0.15, -0.1) is 0 Å². The molecule has 0 heterocycles. The van der Waals surface area contributed by atoms with E-state index in [4.69, 9.17) is 5.11 Å². The number of nitrogens with zero attached hydrogens (tertiary/aromatic N) is 1. The van der Waals surface area contributed by atoms with E-state index in [2.05, 4.69) is 43.0 Å². The summed E-state index contributed by atoms with van der Waals surface area (Å²) in [6.45, 7) is 7.18. The number of hydrogen-bond acceptors (Lipinski definition) is 2. The number of carboxylic acids is 1. The van der Waals surface area contributed by atoms with Gasteiger partial charge in [0.25, 0.3) is 0 Å². The van der Waals surface area contributed by atoms with Gasteiger partial charge >= 0.3 is 5.97 Å². The van der Waals surface area contributed by atoms with E-state index in [1.165, 1.54) is 5.56 Å². The topological polar surface area (TPSA) is 40.5 Å². The summed E-state index contributed by atoms with van der Waals surface area (Å²) in [5, 5.41) is 9.13. The van der Waals surface area contributed by atoms with E-state index >= 15 is 0 Å². The maximum absolute atomic E-state index is 11.1. The first-order chi connectivity index (χ1) is 11.0. The van der Waals surface area contributed by atoms with Crippen molar-refractivity contribution in [1.29, 1.82) is 0 Å². The number of benzene rings is 2. The van der Waals surface area contributed by atoms with Crippen LogP contribution < -0.4 is 0 Å². The number of hydrogen-bond donors (Lipinski definition) is 1. The number of aromatic carboxylic acids is 1. The lowest BCUT2D eigenvalue weighted by atomic mass is 10.1. The van der Waals surface area contributed by atoms with Crippen LogP contribution in [0.3, 0.4) is 0 Å². The molecule has 2 aromatic carbocycles. The van der Waals surface area contributed by atoms with E-state index in [9.17, 15) is 4.79 Å². The predicted octanol–water partition coefficient (Wildman–Crippen LogP) is 4.09. The second-order valence-electron chi connectivity index (χ2n) is 6.37. The molecule has 3 nitrogen and oxygen atoms in total. The molecule has 2 rings (SSSR count). The Morgan fingerprint density at radius 1 is 1.04 bits per heavy atom. The van der Waals surface area contributed by atoms with Crippen LogP contribution in [0.2, 0.25) is 0 Å². The fourth-order valence-electron chi connectivity index (χ4n) is 2.74. The second-order valence-corrected chi connectivity index (χ2v) is 6.37. The van der Waals surface area contributed by atoms with Gasteiger partial charge in [-0.1, -0.05) is 56.3 Å². The minimum atomic E-state index is -0.869. The zero-order valence-electron chi connectivity index (χ0n) is 13.9. The SMILES string of the molecule is CC(C)CN(CCc1ccccc1)Cc1cccc(C(=O)O)c1. The van der Waals surface area contributed by atoms with Crippen LogP contribution >= 0.6 is 0 Å². The first-order valence-corrected chi connectivity index (χ1v) is 8.13. The zero-order chi connectivity index (χ0) is 16.7. The van der Waals surface area contributed by atoms with Crippen LogP contribution in [0.4, 0.5) is 0 Å². The molecule has 0 aliphatic carbocycles.